The molecule has 0 unspecified atom stereocenters. The number of esters is 1. The zero-order chi connectivity index (χ0) is 13.8. The molecular weight excluding hydrogens is 262 g/mol. The Balaban J connectivity index is 1.95. The molecular formula is C14H19NO3S. The Bertz CT molecular complexity index is 477. The predicted octanol–water partition coefficient (Wildman–Crippen LogP) is 3.36. The summed E-state index contributed by atoms with van der Waals surface area (Å²) in [5.41, 5.74) is 0.849. The number of nitrogens with one attached hydrogen (secondary N) is 1. The van der Waals surface area contributed by atoms with Gasteiger partial charge in [0.2, 0.25) is 5.91 Å². The summed E-state index contributed by atoms with van der Waals surface area (Å²) in [7, 11) is 0. The molecule has 1 amide bonds. The second-order valence-corrected chi connectivity index (χ2v) is 5.94. The lowest BCUT2D eigenvalue weighted by molar-refractivity contribution is -0.117. The molecule has 1 fully saturated rings. The van der Waals surface area contributed by atoms with E-state index in [1.54, 1.807) is 6.92 Å². The molecule has 0 aliphatic heterocycles. The minimum Gasteiger partial charge on any atom is -0.462 e. The molecule has 0 saturated heterocycles. The average Bonchev–Trinajstić information content (AvgIpc) is 2.65. The molecule has 1 aromatic heterocycles. The van der Waals surface area contributed by atoms with Gasteiger partial charge in [0.25, 0.3) is 0 Å². The number of ether oxygens (including phenoxy) is 1. The first-order valence-corrected chi connectivity index (χ1v) is 7.49. The second kappa shape index (κ2) is 6.19. The van der Waals surface area contributed by atoms with E-state index in [0.717, 1.165) is 23.4 Å². The number of thiophene rings is 1. The number of carbonyl (C=O) groups excluding carboxylic acids is 2. The highest BCUT2D eigenvalue weighted by atomic mass is 32.1. The number of anilines is 1. The van der Waals surface area contributed by atoms with Gasteiger partial charge in [-0.15, -0.1) is 11.3 Å². The van der Waals surface area contributed by atoms with Crippen LogP contribution in [0.5, 0.6) is 0 Å². The van der Waals surface area contributed by atoms with Crippen molar-refractivity contribution in [2.24, 2.45) is 5.92 Å². The van der Waals surface area contributed by atoms with Crippen LogP contribution in [-0.2, 0) is 9.53 Å². The van der Waals surface area contributed by atoms with Gasteiger partial charge in [-0.1, -0.05) is 6.42 Å². The first-order valence-electron chi connectivity index (χ1n) is 6.67. The van der Waals surface area contributed by atoms with Crippen molar-refractivity contribution in [1.29, 1.82) is 0 Å². The van der Waals surface area contributed by atoms with Crippen molar-refractivity contribution < 1.29 is 14.3 Å². The zero-order valence-corrected chi connectivity index (χ0v) is 12.1. The van der Waals surface area contributed by atoms with Gasteiger partial charge in [0, 0.05) is 6.42 Å². The summed E-state index contributed by atoms with van der Waals surface area (Å²) in [6, 6.07) is 1.83. The largest absolute Gasteiger partial charge is 0.462 e. The van der Waals surface area contributed by atoms with Gasteiger partial charge >= 0.3 is 5.97 Å². The average molecular weight is 281 g/mol. The number of hydrogen-bond donors (Lipinski definition) is 1. The smallest absolute Gasteiger partial charge is 0.348 e. The zero-order valence-electron chi connectivity index (χ0n) is 11.3. The number of hydrogen-bond acceptors (Lipinski definition) is 4. The van der Waals surface area contributed by atoms with Crippen LogP contribution in [0.15, 0.2) is 6.07 Å². The van der Waals surface area contributed by atoms with Crippen molar-refractivity contribution in [3.63, 3.8) is 0 Å². The van der Waals surface area contributed by atoms with Gasteiger partial charge in [-0.3, -0.25) is 4.79 Å². The molecule has 104 valence electrons. The normalized spacial score (nSPS) is 14.8. The molecule has 0 spiro atoms. The number of rotatable bonds is 5. The summed E-state index contributed by atoms with van der Waals surface area (Å²) in [6.45, 7) is 3.99. The number of aryl methyl sites for hydroxylation is 1. The van der Waals surface area contributed by atoms with Gasteiger partial charge in [0.05, 0.1) is 11.6 Å². The van der Waals surface area contributed by atoms with Gasteiger partial charge in [0.1, 0.15) is 4.88 Å². The maximum Gasteiger partial charge on any atom is 0.348 e. The molecule has 2 rings (SSSR count). The number of carbonyl (C=O) groups is 2. The molecule has 5 heteroatoms. The molecule has 0 atom stereocenters. The molecule has 0 radical (unpaired) electrons. The van der Waals surface area contributed by atoms with Crippen LogP contribution in [0.25, 0.3) is 0 Å². The van der Waals surface area contributed by atoms with Crippen molar-refractivity contribution in [2.45, 2.75) is 39.5 Å². The third kappa shape index (κ3) is 3.56. The van der Waals surface area contributed by atoms with Crippen molar-refractivity contribution in [3.05, 3.63) is 16.5 Å². The van der Waals surface area contributed by atoms with Crippen LogP contribution in [0.3, 0.4) is 0 Å². The minimum absolute atomic E-state index is 0.0429. The van der Waals surface area contributed by atoms with Gasteiger partial charge in [-0.05, 0) is 44.2 Å². The summed E-state index contributed by atoms with van der Waals surface area (Å²) in [5, 5.41) is 3.60. The Kier molecular flexibility index (Phi) is 4.58. The van der Waals surface area contributed by atoms with E-state index in [2.05, 4.69) is 5.32 Å². The van der Waals surface area contributed by atoms with Gasteiger partial charge in [0.15, 0.2) is 0 Å². The molecule has 1 aliphatic carbocycles. The van der Waals surface area contributed by atoms with Crippen LogP contribution >= 0.6 is 11.3 Å². The molecule has 19 heavy (non-hydrogen) atoms. The summed E-state index contributed by atoms with van der Waals surface area (Å²) < 4.78 is 4.98. The fraction of sp³-hybridized carbons (Fsp3) is 0.571. The summed E-state index contributed by atoms with van der Waals surface area (Å²) in [5.74, 6) is 0.274. The van der Waals surface area contributed by atoms with Crippen molar-refractivity contribution in [2.75, 3.05) is 11.9 Å². The van der Waals surface area contributed by atoms with E-state index in [9.17, 15) is 9.59 Å². The van der Waals surface area contributed by atoms with Crippen molar-refractivity contribution in [3.8, 4) is 0 Å². The Hall–Kier alpha value is -1.36. The fourth-order valence-electron chi connectivity index (χ4n) is 2.09. The lowest BCUT2D eigenvalue weighted by Crippen LogP contribution is -2.20. The second-order valence-electron chi connectivity index (χ2n) is 4.89. The van der Waals surface area contributed by atoms with E-state index in [0.29, 0.717) is 23.8 Å². The van der Waals surface area contributed by atoms with Gasteiger partial charge in [-0.25, -0.2) is 4.79 Å². The molecule has 1 heterocycles. The first kappa shape index (κ1) is 14.1. The summed E-state index contributed by atoms with van der Waals surface area (Å²) >= 11 is 1.28. The van der Waals surface area contributed by atoms with Crippen LogP contribution in [0.1, 0.15) is 47.8 Å². The van der Waals surface area contributed by atoms with E-state index >= 15 is 0 Å². The molecule has 1 saturated carbocycles. The first-order chi connectivity index (χ1) is 9.10. The van der Waals surface area contributed by atoms with Crippen LogP contribution in [0, 0.1) is 12.8 Å². The van der Waals surface area contributed by atoms with E-state index < -0.39 is 0 Å². The monoisotopic (exact) mass is 281 g/mol. The molecule has 0 aromatic carbocycles. The lowest BCUT2D eigenvalue weighted by Gasteiger charge is -2.24. The molecule has 4 nitrogen and oxygen atoms in total. The SMILES string of the molecule is CCOC(=O)c1sc(NC(=O)CC2CCC2)cc1C. The summed E-state index contributed by atoms with van der Waals surface area (Å²) in [6.07, 6.45) is 4.14. The standard InChI is InChI=1S/C14H19NO3S/c1-3-18-14(17)13-9(2)7-12(19-13)15-11(16)8-10-5-4-6-10/h7,10H,3-6,8H2,1-2H3,(H,15,16). The van der Waals surface area contributed by atoms with Crippen molar-refractivity contribution in [1.82, 2.24) is 0 Å². The van der Waals surface area contributed by atoms with Crippen LogP contribution in [-0.4, -0.2) is 18.5 Å². The van der Waals surface area contributed by atoms with E-state index in [4.69, 9.17) is 4.74 Å². The third-order valence-electron chi connectivity index (χ3n) is 3.34. The Morgan fingerprint density at radius 1 is 1.47 bits per heavy atom. The van der Waals surface area contributed by atoms with E-state index in [-0.39, 0.29) is 11.9 Å². The van der Waals surface area contributed by atoms with Crippen LogP contribution in [0.2, 0.25) is 0 Å². The fourth-order valence-corrected chi connectivity index (χ4v) is 3.07. The minimum atomic E-state index is -0.315. The maximum absolute atomic E-state index is 11.8. The van der Waals surface area contributed by atoms with E-state index in [1.165, 1.54) is 17.8 Å². The van der Waals surface area contributed by atoms with E-state index in [1.807, 2.05) is 13.0 Å². The molecule has 0 bridgehead atoms. The van der Waals surface area contributed by atoms with Crippen LogP contribution < -0.4 is 5.32 Å². The lowest BCUT2D eigenvalue weighted by atomic mass is 9.83. The summed E-state index contributed by atoms with van der Waals surface area (Å²) in [4.78, 5) is 24.1. The topological polar surface area (TPSA) is 55.4 Å². The third-order valence-corrected chi connectivity index (χ3v) is 4.47. The van der Waals surface area contributed by atoms with Gasteiger partial charge < -0.3 is 10.1 Å². The highest BCUT2D eigenvalue weighted by Gasteiger charge is 2.21. The number of amides is 1. The van der Waals surface area contributed by atoms with Crippen LogP contribution in [0.4, 0.5) is 5.00 Å². The van der Waals surface area contributed by atoms with Crippen molar-refractivity contribution >= 4 is 28.2 Å². The van der Waals surface area contributed by atoms with Gasteiger partial charge in [-0.2, -0.15) is 0 Å². The highest BCUT2D eigenvalue weighted by molar-refractivity contribution is 7.18. The predicted molar refractivity (Wildman–Crippen MR) is 75.6 cm³/mol. The molecule has 1 aromatic rings. The highest BCUT2D eigenvalue weighted by Crippen LogP contribution is 2.31. The Morgan fingerprint density at radius 3 is 2.79 bits per heavy atom. The maximum atomic E-state index is 11.8. The Morgan fingerprint density at radius 2 is 2.21 bits per heavy atom. The molecule has 1 aliphatic rings. The Labute approximate surface area is 117 Å². The molecule has 1 N–H and O–H groups in total. The quantitative estimate of drug-likeness (QED) is 0.842.